The predicted molar refractivity (Wildman–Crippen MR) is 73.2 cm³/mol. The Balaban J connectivity index is 1.90. The van der Waals surface area contributed by atoms with Gasteiger partial charge in [-0.3, -0.25) is 19.6 Å². The lowest BCUT2D eigenvalue weighted by atomic mass is 10.00. The number of nitrogens with zero attached hydrogens (tertiary/aromatic N) is 4. The first-order chi connectivity index (χ1) is 9.47. The molecular weight excluding hydrogens is 260 g/mol. The molecule has 0 aliphatic carbocycles. The van der Waals surface area contributed by atoms with E-state index in [1.807, 2.05) is 4.90 Å². The maximum Gasteiger partial charge on any atom is 0.309 e. The van der Waals surface area contributed by atoms with Gasteiger partial charge < -0.3 is 4.90 Å². The molecule has 0 saturated carbocycles. The standard InChI is InChI=1S/C13H20N4O3/c1-10-4-3-6-15(8-10)13(18)5-7-16-9-12(17(19)20)11(2)14-16/h9-10H,3-8H2,1-2H3. The molecule has 1 aromatic heterocycles. The zero-order valence-corrected chi connectivity index (χ0v) is 11.9. The Labute approximate surface area is 117 Å². The van der Waals surface area contributed by atoms with E-state index >= 15 is 0 Å². The number of likely N-dealkylation sites (tertiary alicyclic amines) is 1. The van der Waals surface area contributed by atoms with Gasteiger partial charge in [0.15, 0.2) is 0 Å². The molecule has 1 unspecified atom stereocenters. The van der Waals surface area contributed by atoms with E-state index in [9.17, 15) is 14.9 Å². The quantitative estimate of drug-likeness (QED) is 0.621. The molecule has 1 saturated heterocycles. The van der Waals surface area contributed by atoms with E-state index in [1.165, 1.54) is 17.3 Å². The summed E-state index contributed by atoms with van der Waals surface area (Å²) in [5.74, 6) is 0.660. The van der Waals surface area contributed by atoms with E-state index in [-0.39, 0.29) is 11.6 Å². The first-order valence-electron chi connectivity index (χ1n) is 6.93. The third-order valence-electron chi connectivity index (χ3n) is 3.68. The molecule has 110 valence electrons. The van der Waals surface area contributed by atoms with Gasteiger partial charge in [-0.2, -0.15) is 5.10 Å². The number of hydrogen-bond donors (Lipinski definition) is 0. The summed E-state index contributed by atoms with van der Waals surface area (Å²) in [6.45, 7) is 5.78. The zero-order chi connectivity index (χ0) is 14.7. The molecule has 0 radical (unpaired) electrons. The fraction of sp³-hybridized carbons (Fsp3) is 0.692. The van der Waals surface area contributed by atoms with Gasteiger partial charge in [-0.1, -0.05) is 6.92 Å². The van der Waals surface area contributed by atoms with Crippen molar-refractivity contribution in [1.82, 2.24) is 14.7 Å². The van der Waals surface area contributed by atoms with Crippen LogP contribution in [0.4, 0.5) is 5.69 Å². The third kappa shape index (κ3) is 3.34. The monoisotopic (exact) mass is 280 g/mol. The van der Waals surface area contributed by atoms with Crippen molar-refractivity contribution in [2.75, 3.05) is 13.1 Å². The minimum absolute atomic E-state index is 0.00374. The highest BCUT2D eigenvalue weighted by Crippen LogP contribution is 2.17. The van der Waals surface area contributed by atoms with Crippen LogP contribution in [0, 0.1) is 23.0 Å². The van der Waals surface area contributed by atoms with Crippen molar-refractivity contribution in [3.63, 3.8) is 0 Å². The van der Waals surface area contributed by atoms with Crippen LogP contribution in [-0.4, -0.2) is 38.6 Å². The van der Waals surface area contributed by atoms with Crippen LogP contribution in [0.1, 0.15) is 31.9 Å². The molecule has 0 aromatic carbocycles. The second-order valence-electron chi connectivity index (χ2n) is 5.46. The lowest BCUT2D eigenvalue weighted by Crippen LogP contribution is -2.39. The largest absolute Gasteiger partial charge is 0.342 e. The fourth-order valence-corrected chi connectivity index (χ4v) is 2.59. The topological polar surface area (TPSA) is 81.3 Å². The number of aryl methyl sites for hydroxylation is 2. The van der Waals surface area contributed by atoms with Gasteiger partial charge >= 0.3 is 5.69 Å². The summed E-state index contributed by atoms with van der Waals surface area (Å²) in [7, 11) is 0. The molecule has 1 fully saturated rings. The Kier molecular flexibility index (Phi) is 4.36. The molecule has 0 N–H and O–H groups in total. The molecule has 20 heavy (non-hydrogen) atoms. The third-order valence-corrected chi connectivity index (χ3v) is 3.68. The summed E-state index contributed by atoms with van der Waals surface area (Å²) in [5, 5.41) is 14.8. The summed E-state index contributed by atoms with van der Waals surface area (Å²) in [4.78, 5) is 24.3. The Hall–Kier alpha value is -1.92. The van der Waals surface area contributed by atoms with Crippen molar-refractivity contribution >= 4 is 11.6 Å². The number of hydrogen-bond acceptors (Lipinski definition) is 4. The van der Waals surface area contributed by atoms with Crippen LogP contribution in [0.2, 0.25) is 0 Å². The van der Waals surface area contributed by atoms with E-state index in [2.05, 4.69) is 12.0 Å². The number of carbonyl (C=O) groups is 1. The van der Waals surface area contributed by atoms with E-state index in [4.69, 9.17) is 0 Å². The fourth-order valence-electron chi connectivity index (χ4n) is 2.59. The molecule has 7 heteroatoms. The van der Waals surface area contributed by atoms with Gasteiger partial charge in [0.05, 0.1) is 4.92 Å². The van der Waals surface area contributed by atoms with Crippen LogP contribution in [0.15, 0.2) is 6.20 Å². The molecule has 0 bridgehead atoms. The van der Waals surface area contributed by atoms with Crippen molar-refractivity contribution < 1.29 is 9.72 Å². The van der Waals surface area contributed by atoms with Gasteiger partial charge in [0.2, 0.25) is 5.91 Å². The van der Waals surface area contributed by atoms with Crippen molar-refractivity contribution in [3.05, 3.63) is 22.0 Å². The van der Waals surface area contributed by atoms with Crippen LogP contribution >= 0.6 is 0 Å². The van der Waals surface area contributed by atoms with Crippen LogP contribution in [0.5, 0.6) is 0 Å². The number of carbonyl (C=O) groups excluding carboxylic acids is 1. The summed E-state index contributed by atoms with van der Waals surface area (Å²) < 4.78 is 1.48. The van der Waals surface area contributed by atoms with Crippen LogP contribution in [0.25, 0.3) is 0 Å². The van der Waals surface area contributed by atoms with Gasteiger partial charge in [0.1, 0.15) is 11.9 Å². The van der Waals surface area contributed by atoms with E-state index in [1.54, 1.807) is 6.92 Å². The van der Waals surface area contributed by atoms with Gasteiger partial charge in [-0.05, 0) is 25.7 Å². The smallest absolute Gasteiger partial charge is 0.309 e. The summed E-state index contributed by atoms with van der Waals surface area (Å²) in [6.07, 6.45) is 3.96. The maximum absolute atomic E-state index is 12.1. The van der Waals surface area contributed by atoms with E-state index in [0.29, 0.717) is 24.6 Å². The molecule has 2 rings (SSSR count). The van der Waals surface area contributed by atoms with Gasteiger partial charge in [-0.25, -0.2) is 0 Å². The molecule has 7 nitrogen and oxygen atoms in total. The summed E-state index contributed by atoms with van der Waals surface area (Å²) >= 11 is 0. The summed E-state index contributed by atoms with van der Waals surface area (Å²) in [6, 6.07) is 0. The Bertz CT molecular complexity index is 512. The Morgan fingerprint density at radius 2 is 2.35 bits per heavy atom. The normalized spacial score (nSPS) is 19.1. The van der Waals surface area contributed by atoms with Crippen LogP contribution in [0.3, 0.4) is 0 Å². The Morgan fingerprint density at radius 1 is 1.60 bits per heavy atom. The minimum atomic E-state index is -0.451. The number of piperidine rings is 1. The second kappa shape index (κ2) is 6.02. The second-order valence-corrected chi connectivity index (χ2v) is 5.46. The maximum atomic E-state index is 12.1. The van der Waals surface area contributed by atoms with Gasteiger partial charge in [0, 0.05) is 26.1 Å². The molecule has 0 spiro atoms. The Morgan fingerprint density at radius 3 is 2.95 bits per heavy atom. The highest BCUT2D eigenvalue weighted by Gasteiger charge is 2.21. The van der Waals surface area contributed by atoms with Crippen LogP contribution < -0.4 is 0 Å². The highest BCUT2D eigenvalue weighted by atomic mass is 16.6. The SMILES string of the molecule is Cc1nn(CCC(=O)N2CCCC(C)C2)cc1[N+](=O)[O-]. The summed E-state index contributed by atoms with van der Waals surface area (Å²) in [5.41, 5.74) is 0.387. The van der Waals surface area contributed by atoms with E-state index < -0.39 is 4.92 Å². The number of rotatable bonds is 4. The number of nitro groups is 1. The molecular formula is C13H20N4O3. The van der Waals surface area contributed by atoms with Crippen LogP contribution in [-0.2, 0) is 11.3 Å². The lowest BCUT2D eigenvalue weighted by Gasteiger charge is -2.31. The van der Waals surface area contributed by atoms with E-state index in [0.717, 1.165) is 19.5 Å². The molecule has 1 aliphatic rings. The molecule has 1 aromatic rings. The van der Waals surface area contributed by atoms with Crippen molar-refractivity contribution in [2.24, 2.45) is 5.92 Å². The number of amides is 1. The minimum Gasteiger partial charge on any atom is -0.342 e. The first-order valence-corrected chi connectivity index (χ1v) is 6.93. The van der Waals surface area contributed by atoms with Crippen molar-refractivity contribution in [2.45, 2.75) is 39.7 Å². The zero-order valence-electron chi connectivity index (χ0n) is 11.9. The molecule has 2 heterocycles. The highest BCUT2D eigenvalue weighted by molar-refractivity contribution is 5.76. The van der Waals surface area contributed by atoms with Crippen molar-refractivity contribution in [1.29, 1.82) is 0 Å². The molecule has 1 atom stereocenters. The van der Waals surface area contributed by atoms with Gasteiger partial charge in [-0.15, -0.1) is 0 Å². The predicted octanol–water partition coefficient (Wildman–Crippen LogP) is 1.75. The average molecular weight is 280 g/mol. The van der Waals surface area contributed by atoms with Crippen molar-refractivity contribution in [3.8, 4) is 0 Å². The molecule has 1 aliphatic heterocycles. The first kappa shape index (κ1) is 14.5. The number of aromatic nitrogens is 2. The van der Waals surface area contributed by atoms with Gasteiger partial charge in [0.25, 0.3) is 0 Å². The lowest BCUT2D eigenvalue weighted by molar-refractivity contribution is -0.385. The average Bonchev–Trinajstić information content (AvgIpc) is 2.77. The molecule has 1 amide bonds.